The van der Waals surface area contributed by atoms with Crippen LogP contribution in [0.25, 0.3) is 0 Å². The Labute approximate surface area is 71.7 Å². The quantitative estimate of drug-likeness (QED) is 0.579. The third-order valence-electron chi connectivity index (χ3n) is 2.39. The average Bonchev–Trinajstić information content (AvgIpc) is 2.00. The van der Waals surface area contributed by atoms with Crippen molar-refractivity contribution in [1.82, 2.24) is 0 Å². The van der Waals surface area contributed by atoms with Gasteiger partial charge in [-0.2, -0.15) is 0 Å². The van der Waals surface area contributed by atoms with Crippen molar-refractivity contribution in [2.24, 2.45) is 5.73 Å². The summed E-state index contributed by atoms with van der Waals surface area (Å²) in [7, 11) is 1.30. The molecule has 0 saturated heterocycles. The predicted octanol–water partition coefficient (Wildman–Crippen LogP) is -0.208. The van der Waals surface area contributed by atoms with E-state index in [1.165, 1.54) is 7.11 Å². The maximum atomic E-state index is 10.9. The molecule has 0 heterocycles. The summed E-state index contributed by atoms with van der Waals surface area (Å²) in [5.41, 5.74) is 4.79. The molecule has 0 aromatic rings. The molecule has 1 aliphatic rings. The van der Waals surface area contributed by atoms with Gasteiger partial charge in [0.05, 0.1) is 12.7 Å². The van der Waals surface area contributed by atoms with E-state index in [1.807, 2.05) is 0 Å². The Morgan fingerprint density at radius 2 is 2.33 bits per heavy atom. The molecule has 1 fully saturated rings. The van der Waals surface area contributed by atoms with E-state index >= 15 is 0 Å². The van der Waals surface area contributed by atoms with E-state index in [-0.39, 0.29) is 0 Å². The Bertz CT molecular complexity index is 177. The Morgan fingerprint density at radius 3 is 2.67 bits per heavy atom. The first-order chi connectivity index (χ1) is 5.57. The molecule has 1 saturated carbocycles. The number of aliphatic hydroxyl groups is 1. The largest absolute Gasteiger partial charge is 0.468 e. The van der Waals surface area contributed by atoms with E-state index in [9.17, 15) is 9.90 Å². The summed E-state index contributed by atoms with van der Waals surface area (Å²) in [6, 6.07) is -0.680. The molecule has 1 unspecified atom stereocenters. The first-order valence-corrected chi connectivity index (χ1v) is 4.13. The molecule has 1 atom stereocenters. The van der Waals surface area contributed by atoms with Gasteiger partial charge in [0, 0.05) is 6.42 Å². The number of esters is 1. The van der Waals surface area contributed by atoms with Crippen LogP contribution in [0.2, 0.25) is 0 Å². The Hall–Kier alpha value is -0.610. The lowest BCUT2D eigenvalue weighted by atomic mass is 9.76. The molecular weight excluding hydrogens is 158 g/mol. The zero-order chi connectivity index (χ0) is 9.19. The molecule has 0 aliphatic heterocycles. The molecular formula is C8H15NO3. The van der Waals surface area contributed by atoms with E-state index < -0.39 is 17.6 Å². The van der Waals surface area contributed by atoms with Crippen LogP contribution in [0.4, 0.5) is 0 Å². The standard InChI is InChI=1S/C8H15NO3/c1-12-7(10)6(9)5-8(11)3-2-4-8/h6,11H,2-5,9H2,1H3. The fraction of sp³-hybridized carbons (Fsp3) is 0.875. The van der Waals surface area contributed by atoms with Crippen LogP contribution in [0, 0.1) is 0 Å². The van der Waals surface area contributed by atoms with Crippen molar-refractivity contribution < 1.29 is 14.6 Å². The molecule has 1 aliphatic carbocycles. The van der Waals surface area contributed by atoms with Crippen LogP contribution in [0.1, 0.15) is 25.7 Å². The molecule has 0 aromatic carbocycles. The van der Waals surface area contributed by atoms with Gasteiger partial charge >= 0.3 is 5.97 Å². The van der Waals surface area contributed by atoms with Gasteiger partial charge in [0.15, 0.2) is 0 Å². The van der Waals surface area contributed by atoms with Crippen LogP contribution in [-0.2, 0) is 9.53 Å². The molecule has 4 heteroatoms. The maximum Gasteiger partial charge on any atom is 0.322 e. The molecule has 1 rings (SSSR count). The summed E-state index contributed by atoms with van der Waals surface area (Å²) >= 11 is 0. The smallest absolute Gasteiger partial charge is 0.322 e. The van der Waals surface area contributed by atoms with Crippen molar-refractivity contribution >= 4 is 5.97 Å². The van der Waals surface area contributed by atoms with Gasteiger partial charge < -0.3 is 15.6 Å². The first kappa shape index (κ1) is 9.48. The van der Waals surface area contributed by atoms with Crippen LogP contribution >= 0.6 is 0 Å². The number of ether oxygens (including phenoxy) is 1. The van der Waals surface area contributed by atoms with Gasteiger partial charge in [-0.25, -0.2) is 0 Å². The lowest BCUT2D eigenvalue weighted by molar-refractivity contribution is -0.145. The van der Waals surface area contributed by atoms with E-state index in [1.54, 1.807) is 0 Å². The molecule has 0 amide bonds. The van der Waals surface area contributed by atoms with Crippen LogP contribution in [0.3, 0.4) is 0 Å². The minimum absolute atomic E-state index is 0.319. The van der Waals surface area contributed by atoms with Gasteiger partial charge in [-0.1, -0.05) is 0 Å². The lowest BCUT2D eigenvalue weighted by Gasteiger charge is -2.37. The number of hydrogen-bond donors (Lipinski definition) is 2. The molecule has 3 N–H and O–H groups in total. The van der Waals surface area contributed by atoms with Crippen molar-refractivity contribution in [3.05, 3.63) is 0 Å². The Kier molecular flexibility index (Phi) is 2.69. The highest BCUT2D eigenvalue weighted by molar-refractivity contribution is 5.75. The Balaban J connectivity index is 2.34. The maximum absolute atomic E-state index is 10.9. The van der Waals surface area contributed by atoms with E-state index in [4.69, 9.17) is 5.73 Å². The summed E-state index contributed by atoms with van der Waals surface area (Å²) < 4.78 is 4.45. The van der Waals surface area contributed by atoms with Gasteiger partial charge in [-0.05, 0) is 19.3 Å². The minimum Gasteiger partial charge on any atom is -0.468 e. The fourth-order valence-electron chi connectivity index (χ4n) is 1.43. The van der Waals surface area contributed by atoms with Crippen LogP contribution in [0.5, 0.6) is 0 Å². The summed E-state index contributed by atoms with van der Waals surface area (Å²) in [6.07, 6.45) is 2.83. The topological polar surface area (TPSA) is 72.5 Å². The Morgan fingerprint density at radius 1 is 1.75 bits per heavy atom. The highest BCUT2D eigenvalue weighted by atomic mass is 16.5. The van der Waals surface area contributed by atoms with E-state index in [0.717, 1.165) is 19.3 Å². The molecule has 0 spiro atoms. The monoisotopic (exact) mass is 173 g/mol. The molecule has 4 nitrogen and oxygen atoms in total. The summed E-state index contributed by atoms with van der Waals surface area (Å²) in [5.74, 6) is -0.449. The first-order valence-electron chi connectivity index (χ1n) is 4.13. The molecule has 12 heavy (non-hydrogen) atoms. The van der Waals surface area contributed by atoms with Crippen molar-refractivity contribution in [3.8, 4) is 0 Å². The SMILES string of the molecule is COC(=O)C(N)CC1(O)CCC1. The lowest BCUT2D eigenvalue weighted by Crippen LogP contribution is -2.45. The van der Waals surface area contributed by atoms with Crippen molar-refractivity contribution in [2.75, 3.05) is 7.11 Å². The third-order valence-corrected chi connectivity index (χ3v) is 2.39. The highest BCUT2D eigenvalue weighted by Crippen LogP contribution is 2.35. The zero-order valence-corrected chi connectivity index (χ0v) is 7.25. The van der Waals surface area contributed by atoms with E-state index in [0.29, 0.717) is 6.42 Å². The normalized spacial score (nSPS) is 22.6. The number of carbonyl (C=O) groups is 1. The molecule has 0 aromatic heterocycles. The van der Waals surface area contributed by atoms with Crippen LogP contribution in [-0.4, -0.2) is 29.8 Å². The zero-order valence-electron chi connectivity index (χ0n) is 7.25. The number of carbonyl (C=O) groups excluding carboxylic acids is 1. The molecule has 0 bridgehead atoms. The summed E-state index contributed by atoms with van der Waals surface area (Å²) in [6.45, 7) is 0. The van der Waals surface area contributed by atoms with Crippen LogP contribution < -0.4 is 5.73 Å². The summed E-state index contributed by atoms with van der Waals surface area (Å²) in [5, 5.41) is 9.64. The third kappa shape index (κ3) is 1.95. The number of nitrogens with two attached hydrogens (primary N) is 1. The van der Waals surface area contributed by atoms with E-state index in [2.05, 4.69) is 4.74 Å². The fourth-order valence-corrected chi connectivity index (χ4v) is 1.43. The second-order valence-corrected chi connectivity index (χ2v) is 3.41. The van der Waals surface area contributed by atoms with Gasteiger partial charge in [0.2, 0.25) is 0 Å². The van der Waals surface area contributed by atoms with Gasteiger partial charge in [0.25, 0.3) is 0 Å². The number of rotatable bonds is 3. The highest BCUT2D eigenvalue weighted by Gasteiger charge is 2.37. The predicted molar refractivity (Wildman–Crippen MR) is 43.4 cm³/mol. The summed E-state index contributed by atoms with van der Waals surface area (Å²) in [4.78, 5) is 10.9. The van der Waals surface area contributed by atoms with Crippen molar-refractivity contribution in [1.29, 1.82) is 0 Å². The second-order valence-electron chi connectivity index (χ2n) is 3.41. The van der Waals surface area contributed by atoms with Gasteiger partial charge in [-0.3, -0.25) is 4.79 Å². The number of hydrogen-bond acceptors (Lipinski definition) is 4. The number of methoxy groups -OCH3 is 1. The van der Waals surface area contributed by atoms with Gasteiger partial charge in [0.1, 0.15) is 6.04 Å². The average molecular weight is 173 g/mol. The van der Waals surface area contributed by atoms with Crippen molar-refractivity contribution in [3.63, 3.8) is 0 Å². The minimum atomic E-state index is -0.701. The molecule has 70 valence electrons. The molecule has 0 radical (unpaired) electrons. The van der Waals surface area contributed by atoms with Crippen molar-refractivity contribution in [2.45, 2.75) is 37.3 Å². The second kappa shape index (κ2) is 3.41. The van der Waals surface area contributed by atoms with Gasteiger partial charge in [-0.15, -0.1) is 0 Å². The van der Waals surface area contributed by atoms with Crippen LogP contribution in [0.15, 0.2) is 0 Å².